The van der Waals surface area contributed by atoms with Gasteiger partial charge >= 0.3 is 5.97 Å². The van der Waals surface area contributed by atoms with E-state index in [1.54, 1.807) is 6.07 Å². The number of nitrogens with zero attached hydrogens (tertiary/aromatic N) is 1. The predicted molar refractivity (Wildman–Crippen MR) is 162 cm³/mol. The molecule has 0 bridgehead atoms. The summed E-state index contributed by atoms with van der Waals surface area (Å²) in [5.74, 6) is -1.88. The molecule has 0 fully saturated rings. The molecule has 0 spiro atoms. The Labute approximate surface area is 240 Å². The fourth-order valence-electron chi connectivity index (χ4n) is 5.10. The molecule has 1 atom stereocenters. The lowest BCUT2D eigenvalue weighted by atomic mass is 9.84. The zero-order chi connectivity index (χ0) is 28.2. The molecule has 5 aromatic carbocycles. The topological polar surface area (TPSA) is 88.5 Å². The number of thiazole rings is 1. The molecule has 6 rings (SSSR count). The van der Waals surface area contributed by atoms with Gasteiger partial charge in [0, 0.05) is 11.3 Å². The van der Waals surface area contributed by atoms with Gasteiger partial charge in [-0.3, -0.25) is 4.79 Å². The highest BCUT2D eigenvalue weighted by atomic mass is 32.1. The largest absolute Gasteiger partial charge is 0.485 e. The van der Waals surface area contributed by atoms with Crippen molar-refractivity contribution in [1.82, 2.24) is 10.3 Å². The summed E-state index contributed by atoms with van der Waals surface area (Å²) in [4.78, 5) is 31.2. The Balaban J connectivity index is 1.36. The number of benzene rings is 5. The van der Waals surface area contributed by atoms with E-state index in [1.165, 1.54) is 11.3 Å². The van der Waals surface area contributed by atoms with Crippen LogP contribution in [0.2, 0.25) is 0 Å². The Morgan fingerprint density at radius 3 is 2.10 bits per heavy atom. The summed E-state index contributed by atoms with van der Waals surface area (Å²) in [6.45, 7) is 0.173. The van der Waals surface area contributed by atoms with Gasteiger partial charge in [0.2, 0.25) is 0 Å². The van der Waals surface area contributed by atoms with Gasteiger partial charge in [-0.15, -0.1) is 11.3 Å². The number of ether oxygens (including phenoxy) is 1. The maximum absolute atomic E-state index is 13.9. The van der Waals surface area contributed by atoms with Crippen LogP contribution < -0.4 is 10.1 Å². The molecular formula is C34H26N2O4S. The van der Waals surface area contributed by atoms with Crippen molar-refractivity contribution in [2.24, 2.45) is 0 Å². The Hall–Kier alpha value is -5.01. The second-order valence-electron chi connectivity index (χ2n) is 9.62. The Bertz CT molecular complexity index is 1760. The van der Waals surface area contributed by atoms with Crippen molar-refractivity contribution in [2.75, 3.05) is 0 Å². The number of amides is 1. The zero-order valence-electron chi connectivity index (χ0n) is 21.9. The molecule has 6 nitrogen and oxygen atoms in total. The van der Waals surface area contributed by atoms with E-state index in [9.17, 15) is 14.7 Å². The molecule has 0 saturated carbocycles. The fraction of sp³-hybridized carbons (Fsp3) is 0.0882. The molecule has 41 heavy (non-hydrogen) atoms. The molecule has 0 aliphatic rings. The van der Waals surface area contributed by atoms with Crippen LogP contribution in [0.3, 0.4) is 0 Å². The molecule has 6 aromatic rings. The highest BCUT2D eigenvalue weighted by Gasteiger charge is 2.33. The minimum Gasteiger partial charge on any atom is -0.485 e. The number of carbonyl (C=O) groups is 2. The van der Waals surface area contributed by atoms with Crippen molar-refractivity contribution in [3.05, 3.63) is 143 Å². The van der Waals surface area contributed by atoms with Gasteiger partial charge in [-0.1, -0.05) is 103 Å². The normalized spacial score (nSPS) is 11.9. The molecular weight excluding hydrogens is 532 g/mol. The van der Waals surface area contributed by atoms with Gasteiger partial charge in [0.05, 0.1) is 15.8 Å². The van der Waals surface area contributed by atoms with E-state index < -0.39 is 23.8 Å². The number of aliphatic carboxylic acids is 1. The van der Waals surface area contributed by atoms with Crippen LogP contribution in [0.25, 0.3) is 21.0 Å². The van der Waals surface area contributed by atoms with Crippen LogP contribution in [0.15, 0.2) is 121 Å². The monoisotopic (exact) mass is 558 g/mol. The van der Waals surface area contributed by atoms with Gasteiger partial charge in [0.1, 0.15) is 23.4 Å². The quantitative estimate of drug-likeness (QED) is 0.199. The molecule has 1 heterocycles. The van der Waals surface area contributed by atoms with Gasteiger partial charge in [-0.05, 0) is 34.7 Å². The number of para-hydroxylation sites is 1. The summed E-state index contributed by atoms with van der Waals surface area (Å²) in [7, 11) is 0. The van der Waals surface area contributed by atoms with E-state index in [1.807, 2.05) is 115 Å². The zero-order valence-corrected chi connectivity index (χ0v) is 22.8. The molecule has 0 radical (unpaired) electrons. The van der Waals surface area contributed by atoms with Crippen LogP contribution in [0.1, 0.15) is 32.4 Å². The molecule has 1 amide bonds. The number of hydrogen-bond acceptors (Lipinski definition) is 5. The van der Waals surface area contributed by atoms with Crippen LogP contribution in [0.4, 0.5) is 0 Å². The van der Waals surface area contributed by atoms with Gasteiger partial charge in [-0.25, -0.2) is 9.78 Å². The third-order valence-electron chi connectivity index (χ3n) is 7.01. The number of carboxylic acid groups (broad SMARTS) is 1. The van der Waals surface area contributed by atoms with E-state index in [0.29, 0.717) is 5.75 Å². The third kappa shape index (κ3) is 5.53. The second kappa shape index (κ2) is 11.6. The first-order valence-electron chi connectivity index (χ1n) is 13.2. The lowest BCUT2D eigenvalue weighted by Gasteiger charge is -2.26. The van der Waals surface area contributed by atoms with Crippen molar-refractivity contribution in [1.29, 1.82) is 0 Å². The number of carbonyl (C=O) groups excluding carboxylic acids is 1. The number of carboxylic acids is 1. The molecule has 0 saturated heterocycles. The fourth-order valence-corrected chi connectivity index (χ4v) is 5.98. The van der Waals surface area contributed by atoms with Gasteiger partial charge in [0.25, 0.3) is 5.91 Å². The molecule has 202 valence electrons. The first-order chi connectivity index (χ1) is 20.1. The first-order valence-corrected chi connectivity index (χ1v) is 14.0. The van der Waals surface area contributed by atoms with Gasteiger partial charge in [0.15, 0.2) is 0 Å². The Morgan fingerprint density at radius 2 is 1.41 bits per heavy atom. The maximum atomic E-state index is 13.9. The van der Waals surface area contributed by atoms with Crippen molar-refractivity contribution in [2.45, 2.75) is 18.6 Å². The van der Waals surface area contributed by atoms with Crippen LogP contribution in [-0.4, -0.2) is 28.0 Å². The van der Waals surface area contributed by atoms with Crippen molar-refractivity contribution >= 4 is 44.2 Å². The molecule has 0 aliphatic heterocycles. The highest BCUT2D eigenvalue weighted by Crippen LogP contribution is 2.33. The minimum atomic E-state index is -1.23. The molecule has 0 unspecified atom stereocenters. The maximum Gasteiger partial charge on any atom is 0.327 e. The SMILES string of the molecule is O=C(N[C@H](C(=O)O)C(c1ccccc1)c1ccccc1)c1ccc2ccccc2c1OCc1nc2ccccc2s1. The van der Waals surface area contributed by atoms with E-state index in [-0.39, 0.29) is 12.2 Å². The molecule has 7 heteroatoms. The minimum absolute atomic E-state index is 0.173. The van der Waals surface area contributed by atoms with E-state index >= 15 is 0 Å². The van der Waals surface area contributed by atoms with Crippen molar-refractivity contribution < 1.29 is 19.4 Å². The number of fused-ring (bicyclic) bond motifs is 2. The van der Waals surface area contributed by atoms with E-state index in [4.69, 9.17) is 4.74 Å². The average molecular weight is 559 g/mol. The third-order valence-corrected chi connectivity index (χ3v) is 8.02. The Kier molecular flexibility index (Phi) is 7.43. The number of aromatic nitrogens is 1. The lowest BCUT2D eigenvalue weighted by Crippen LogP contribution is -2.45. The Morgan fingerprint density at radius 1 is 0.780 bits per heavy atom. The van der Waals surface area contributed by atoms with Crippen LogP contribution >= 0.6 is 11.3 Å². The van der Waals surface area contributed by atoms with Crippen molar-refractivity contribution in [3.63, 3.8) is 0 Å². The smallest absolute Gasteiger partial charge is 0.327 e. The highest BCUT2D eigenvalue weighted by molar-refractivity contribution is 7.18. The summed E-state index contributed by atoms with van der Waals surface area (Å²) < 4.78 is 7.35. The average Bonchev–Trinajstić information content (AvgIpc) is 3.43. The van der Waals surface area contributed by atoms with Crippen LogP contribution in [-0.2, 0) is 11.4 Å². The summed E-state index contributed by atoms with van der Waals surface area (Å²) in [6, 6.07) is 36.5. The van der Waals surface area contributed by atoms with Crippen molar-refractivity contribution in [3.8, 4) is 5.75 Å². The van der Waals surface area contributed by atoms with E-state index in [0.717, 1.165) is 37.1 Å². The lowest BCUT2D eigenvalue weighted by molar-refractivity contribution is -0.139. The van der Waals surface area contributed by atoms with Gasteiger partial charge in [-0.2, -0.15) is 0 Å². The van der Waals surface area contributed by atoms with Gasteiger partial charge < -0.3 is 15.2 Å². The molecule has 1 aromatic heterocycles. The molecule has 0 aliphatic carbocycles. The van der Waals surface area contributed by atoms with E-state index in [2.05, 4.69) is 10.3 Å². The first kappa shape index (κ1) is 26.2. The van der Waals surface area contributed by atoms with Crippen LogP contribution in [0, 0.1) is 0 Å². The number of hydrogen-bond donors (Lipinski definition) is 2. The summed E-state index contributed by atoms with van der Waals surface area (Å²) in [5, 5.41) is 15.6. The predicted octanol–water partition coefficient (Wildman–Crippen LogP) is 7.04. The summed E-state index contributed by atoms with van der Waals surface area (Å²) in [5.41, 5.74) is 2.73. The summed E-state index contributed by atoms with van der Waals surface area (Å²) in [6.07, 6.45) is 0. The molecule has 2 N–H and O–H groups in total. The summed E-state index contributed by atoms with van der Waals surface area (Å²) >= 11 is 1.54. The standard InChI is InChI=1S/C34H26N2O4S/c37-33(36-31(34(38)39)30(23-12-3-1-4-13-23)24-14-5-2-6-15-24)26-20-19-22-11-7-8-16-25(22)32(26)40-21-29-35-27-17-9-10-18-28(27)41-29/h1-20,30-31H,21H2,(H,36,37)(H,38,39)/t31-/m0/s1. The number of nitrogens with one attached hydrogen (secondary N) is 1. The number of rotatable bonds is 9. The second-order valence-corrected chi connectivity index (χ2v) is 10.7. The van der Waals surface area contributed by atoms with Crippen LogP contribution in [0.5, 0.6) is 5.75 Å².